The number of ketones is 1. The molecule has 8 nitrogen and oxygen atoms in total. The molecule has 8 heteroatoms. The summed E-state index contributed by atoms with van der Waals surface area (Å²) in [5, 5.41) is 11.1. The molecule has 4 rings (SSSR count). The van der Waals surface area contributed by atoms with E-state index in [1.807, 2.05) is 16.7 Å². The predicted molar refractivity (Wildman–Crippen MR) is 137 cm³/mol. The van der Waals surface area contributed by atoms with Gasteiger partial charge in [0.1, 0.15) is 0 Å². The molecule has 2 saturated heterocycles. The van der Waals surface area contributed by atoms with Crippen LogP contribution in [0.15, 0.2) is 54.1 Å². The van der Waals surface area contributed by atoms with E-state index >= 15 is 0 Å². The molecule has 2 fully saturated rings. The second-order valence-electron chi connectivity index (χ2n) is 9.78. The van der Waals surface area contributed by atoms with Gasteiger partial charge in [0.2, 0.25) is 5.91 Å². The molecule has 2 aromatic carbocycles. The minimum absolute atomic E-state index is 0.00267. The number of likely N-dealkylation sites (tertiary alicyclic amines) is 2. The van der Waals surface area contributed by atoms with Gasteiger partial charge in [0.05, 0.1) is 4.92 Å². The number of rotatable bonds is 6. The molecule has 2 aromatic rings. The van der Waals surface area contributed by atoms with Gasteiger partial charge < -0.3 is 9.80 Å². The maximum atomic E-state index is 13.3. The van der Waals surface area contributed by atoms with Crippen molar-refractivity contribution in [3.63, 3.8) is 0 Å². The third kappa shape index (κ3) is 5.37. The monoisotopic (exact) mass is 489 g/mol. The van der Waals surface area contributed by atoms with Gasteiger partial charge in [-0.2, -0.15) is 0 Å². The minimum Gasteiger partial charge on any atom is -0.339 e. The fourth-order valence-corrected chi connectivity index (χ4v) is 5.18. The Morgan fingerprint density at radius 3 is 2.17 bits per heavy atom. The Morgan fingerprint density at radius 1 is 0.972 bits per heavy atom. The predicted octanol–water partition coefficient (Wildman–Crippen LogP) is 4.75. The molecule has 0 unspecified atom stereocenters. The Balaban J connectivity index is 1.38. The first-order chi connectivity index (χ1) is 17.2. The highest BCUT2D eigenvalue weighted by molar-refractivity contribution is 5.98. The largest absolute Gasteiger partial charge is 0.339 e. The maximum absolute atomic E-state index is 13.3. The molecule has 0 radical (unpaired) electrons. The van der Waals surface area contributed by atoms with Crippen LogP contribution in [0.4, 0.5) is 5.69 Å². The van der Waals surface area contributed by atoms with Gasteiger partial charge in [-0.15, -0.1) is 0 Å². The number of Topliss-reactive ketones (excluding diaryl/α,β-unsaturated/α-hetero) is 1. The van der Waals surface area contributed by atoms with Gasteiger partial charge in [0.15, 0.2) is 5.78 Å². The van der Waals surface area contributed by atoms with Crippen molar-refractivity contribution in [2.75, 3.05) is 26.2 Å². The fourth-order valence-electron chi connectivity index (χ4n) is 5.18. The second kappa shape index (κ2) is 10.4. The number of nitrogens with zero attached hydrogens (tertiary/aromatic N) is 3. The molecule has 0 N–H and O–H groups in total. The summed E-state index contributed by atoms with van der Waals surface area (Å²) in [6.07, 6.45) is 4.87. The number of piperidine rings is 1. The van der Waals surface area contributed by atoms with Gasteiger partial charge in [-0.25, -0.2) is 0 Å². The summed E-state index contributed by atoms with van der Waals surface area (Å²) in [7, 11) is 0. The summed E-state index contributed by atoms with van der Waals surface area (Å²) >= 11 is 0. The summed E-state index contributed by atoms with van der Waals surface area (Å²) in [5.41, 5.74) is 2.46. The number of nitro benzene ring substituents is 1. The van der Waals surface area contributed by atoms with Gasteiger partial charge in [-0.3, -0.25) is 24.5 Å². The molecular formula is C28H31N3O5. The molecule has 188 valence electrons. The zero-order valence-corrected chi connectivity index (χ0v) is 20.7. The van der Waals surface area contributed by atoms with Gasteiger partial charge in [0, 0.05) is 55.0 Å². The Bertz CT molecular complexity index is 1210. The summed E-state index contributed by atoms with van der Waals surface area (Å²) in [4.78, 5) is 52.1. The summed E-state index contributed by atoms with van der Waals surface area (Å²) < 4.78 is 0. The molecule has 36 heavy (non-hydrogen) atoms. The topological polar surface area (TPSA) is 101 Å². The lowest BCUT2D eigenvalue weighted by molar-refractivity contribution is -0.384. The Labute approximate surface area is 210 Å². The van der Waals surface area contributed by atoms with Crippen LogP contribution in [-0.2, 0) is 4.79 Å². The average Bonchev–Trinajstić information content (AvgIpc) is 3.30. The zero-order valence-electron chi connectivity index (χ0n) is 20.7. The number of non-ortho nitro benzene ring substituents is 1. The van der Waals surface area contributed by atoms with Crippen LogP contribution in [0.25, 0.3) is 6.08 Å². The summed E-state index contributed by atoms with van der Waals surface area (Å²) in [6.45, 7) is 6.03. The van der Waals surface area contributed by atoms with Crippen LogP contribution in [0.2, 0.25) is 0 Å². The number of carbonyl (C=O) groups excluding carboxylic acids is 3. The van der Waals surface area contributed by atoms with E-state index in [1.165, 1.54) is 19.1 Å². The van der Waals surface area contributed by atoms with E-state index in [0.717, 1.165) is 19.3 Å². The van der Waals surface area contributed by atoms with Crippen molar-refractivity contribution in [1.29, 1.82) is 0 Å². The smallest absolute Gasteiger partial charge is 0.270 e. The fraction of sp³-hybridized carbons (Fsp3) is 0.393. The van der Waals surface area contributed by atoms with Crippen LogP contribution in [0.3, 0.4) is 0 Å². The summed E-state index contributed by atoms with van der Waals surface area (Å²) in [6, 6.07) is 13.1. The Morgan fingerprint density at radius 2 is 1.58 bits per heavy atom. The van der Waals surface area contributed by atoms with E-state index in [-0.39, 0.29) is 28.7 Å². The number of hydrogen-bond acceptors (Lipinski definition) is 5. The van der Waals surface area contributed by atoms with E-state index < -0.39 is 4.92 Å². The lowest BCUT2D eigenvalue weighted by Gasteiger charge is -2.39. The molecule has 2 aliphatic rings. The number of carbonyl (C=O) groups is 3. The van der Waals surface area contributed by atoms with Crippen LogP contribution >= 0.6 is 0 Å². The second-order valence-corrected chi connectivity index (χ2v) is 9.78. The lowest BCUT2D eigenvalue weighted by atomic mass is 9.77. The van der Waals surface area contributed by atoms with Crippen LogP contribution < -0.4 is 0 Å². The van der Waals surface area contributed by atoms with Gasteiger partial charge in [-0.1, -0.05) is 31.2 Å². The highest BCUT2D eigenvalue weighted by Crippen LogP contribution is 2.41. The maximum Gasteiger partial charge on any atom is 0.270 e. The van der Waals surface area contributed by atoms with E-state index in [0.29, 0.717) is 54.9 Å². The molecule has 0 bridgehead atoms. The Hall–Kier alpha value is -3.81. The molecule has 1 spiro atoms. The number of hydrogen-bond donors (Lipinski definition) is 0. The van der Waals surface area contributed by atoms with Crippen LogP contribution in [-0.4, -0.2) is 58.5 Å². The highest BCUT2D eigenvalue weighted by atomic mass is 16.6. The third-order valence-electron chi connectivity index (χ3n) is 7.45. The number of benzene rings is 2. The lowest BCUT2D eigenvalue weighted by Crippen LogP contribution is -2.44. The van der Waals surface area contributed by atoms with Crippen molar-refractivity contribution in [2.45, 2.75) is 39.5 Å². The summed E-state index contributed by atoms with van der Waals surface area (Å²) in [5.74, 6) is -0.0793. The molecule has 0 saturated carbocycles. The van der Waals surface area contributed by atoms with E-state index in [2.05, 4.69) is 0 Å². The van der Waals surface area contributed by atoms with Crippen LogP contribution in [0.5, 0.6) is 0 Å². The number of amides is 2. The molecule has 2 heterocycles. The van der Waals surface area contributed by atoms with E-state index in [1.54, 1.807) is 42.5 Å². The first-order valence-electron chi connectivity index (χ1n) is 12.4. The van der Waals surface area contributed by atoms with E-state index in [4.69, 9.17) is 0 Å². The number of nitro groups is 1. The van der Waals surface area contributed by atoms with Crippen LogP contribution in [0, 0.1) is 15.5 Å². The van der Waals surface area contributed by atoms with Crippen molar-refractivity contribution >= 4 is 29.4 Å². The first kappa shape index (κ1) is 25.3. The van der Waals surface area contributed by atoms with E-state index in [9.17, 15) is 24.5 Å². The SMILES string of the molecule is CC/C(=C/c1cccc([N+](=O)[O-])c1)C(=O)N1CCC2(CCN(C(=O)c3ccc(C(C)=O)cc3)CC2)C1. The molecule has 0 aliphatic carbocycles. The third-order valence-corrected chi connectivity index (χ3v) is 7.45. The van der Waals surface area contributed by atoms with Gasteiger partial charge >= 0.3 is 0 Å². The van der Waals surface area contributed by atoms with Gasteiger partial charge in [-0.05, 0) is 61.8 Å². The molecule has 2 aliphatic heterocycles. The normalized spacial score (nSPS) is 17.3. The molecule has 2 amide bonds. The van der Waals surface area contributed by atoms with Crippen molar-refractivity contribution in [1.82, 2.24) is 9.80 Å². The Kier molecular flexibility index (Phi) is 7.33. The van der Waals surface area contributed by atoms with Crippen molar-refractivity contribution < 1.29 is 19.3 Å². The highest BCUT2D eigenvalue weighted by Gasteiger charge is 2.43. The molecule has 0 aromatic heterocycles. The molecule has 0 atom stereocenters. The van der Waals surface area contributed by atoms with Crippen LogP contribution in [0.1, 0.15) is 65.8 Å². The van der Waals surface area contributed by atoms with Crippen molar-refractivity contribution in [2.24, 2.45) is 5.41 Å². The average molecular weight is 490 g/mol. The minimum atomic E-state index is -0.437. The van der Waals surface area contributed by atoms with Gasteiger partial charge in [0.25, 0.3) is 11.6 Å². The molecular weight excluding hydrogens is 458 g/mol. The zero-order chi connectivity index (χ0) is 25.9. The van der Waals surface area contributed by atoms with Crippen molar-refractivity contribution in [3.8, 4) is 0 Å². The standard InChI is InChI=1S/C28H31N3O5/c1-3-22(17-21-5-4-6-25(18-21)31(35)36)26(33)30-16-13-28(19-30)11-14-29(15-12-28)27(34)24-9-7-23(8-10-24)20(2)32/h4-10,17-18H,3,11-16,19H2,1-2H3/b22-17-. The first-order valence-corrected chi connectivity index (χ1v) is 12.4. The quantitative estimate of drug-likeness (QED) is 0.252. The van der Waals surface area contributed by atoms with Crippen molar-refractivity contribution in [3.05, 3.63) is 80.9 Å².